The van der Waals surface area contributed by atoms with Crippen LogP contribution in [0, 0.1) is 12.3 Å². The second-order valence-electron chi connectivity index (χ2n) is 6.69. The Balaban J connectivity index is 1.52. The molecule has 0 aliphatic carbocycles. The minimum absolute atomic E-state index is 0.0435. The number of rotatable bonds is 4. The molecule has 4 aromatic rings. The molecule has 7 heteroatoms. The zero-order valence-corrected chi connectivity index (χ0v) is 16.1. The molecule has 1 amide bonds. The van der Waals surface area contributed by atoms with Gasteiger partial charge in [-0.3, -0.25) is 4.79 Å². The first-order valence-electron chi connectivity index (χ1n) is 9.13. The molecule has 0 unspecified atom stereocenters. The minimum Gasteiger partial charge on any atom is -0.481 e. The molecule has 1 atom stereocenters. The van der Waals surface area contributed by atoms with Gasteiger partial charge >= 0.3 is 0 Å². The molecule has 0 bridgehead atoms. The van der Waals surface area contributed by atoms with Gasteiger partial charge in [-0.25, -0.2) is 4.98 Å². The van der Waals surface area contributed by atoms with Crippen molar-refractivity contribution < 1.29 is 9.53 Å². The highest BCUT2D eigenvalue weighted by Crippen LogP contribution is 2.39. The molecule has 5 rings (SSSR count). The summed E-state index contributed by atoms with van der Waals surface area (Å²) in [7, 11) is 0. The highest BCUT2D eigenvalue weighted by atomic mass is 32.1. The zero-order chi connectivity index (χ0) is 19.8. The summed E-state index contributed by atoms with van der Waals surface area (Å²) in [6.45, 7) is 0.226. The Morgan fingerprint density at radius 2 is 2.07 bits per heavy atom. The van der Waals surface area contributed by atoms with Crippen molar-refractivity contribution in [2.75, 3.05) is 11.9 Å². The fraction of sp³-hybridized carbons (Fsp3) is 0.136. The van der Waals surface area contributed by atoms with E-state index in [1.54, 1.807) is 16.0 Å². The molecular formula is C22H16N4O2S. The lowest BCUT2D eigenvalue weighted by Crippen LogP contribution is -2.24. The van der Waals surface area contributed by atoms with Crippen molar-refractivity contribution in [3.63, 3.8) is 0 Å². The van der Waals surface area contributed by atoms with Gasteiger partial charge in [0.15, 0.2) is 0 Å². The summed E-state index contributed by atoms with van der Waals surface area (Å²) in [5, 5.41) is 8.23. The first kappa shape index (κ1) is 17.5. The molecule has 0 saturated heterocycles. The van der Waals surface area contributed by atoms with Gasteiger partial charge in [0, 0.05) is 17.9 Å². The molecule has 3 heterocycles. The smallest absolute Gasteiger partial charge is 0.226 e. The number of terminal acetylenes is 1. The summed E-state index contributed by atoms with van der Waals surface area (Å²) < 4.78 is 8.23. The molecule has 0 spiro atoms. The van der Waals surface area contributed by atoms with E-state index in [0.717, 1.165) is 26.5 Å². The third-order valence-electron chi connectivity index (χ3n) is 4.89. The normalized spacial score (nSPS) is 15.6. The summed E-state index contributed by atoms with van der Waals surface area (Å²) in [6, 6.07) is 15.6. The Kier molecular flexibility index (Phi) is 4.26. The van der Waals surface area contributed by atoms with Gasteiger partial charge in [0.05, 0.1) is 16.4 Å². The summed E-state index contributed by atoms with van der Waals surface area (Å²) in [5.74, 6) is 3.71. The number of hydrogen-bond acceptors (Lipinski definition) is 5. The Morgan fingerprint density at radius 1 is 1.24 bits per heavy atom. The summed E-state index contributed by atoms with van der Waals surface area (Å²) in [5.41, 5.74) is 2.91. The number of carbonyl (C=O) groups excluding carboxylic acids is 1. The van der Waals surface area contributed by atoms with Gasteiger partial charge in [0.1, 0.15) is 18.2 Å². The predicted octanol–water partition coefficient (Wildman–Crippen LogP) is 3.97. The van der Waals surface area contributed by atoms with Crippen LogP contribution in [-0.2, 0) is 4.79 Å². The highest BCUT2D eigenvalue weighted by molar-refractivity contribution is 7.20. The number of benzene rings is 2. The average Bonchev–Trinajstić information content (AvgIpc) is 3.35. The van der Waals surface area contributed by atoms with Gasteiger partial charge in [-0.1, -0.05) is 41.5 Å². The number of carbonyl (C=O) groups is 1. The van der Waals surface area contributed by atoms with Gasteiger partial charge in [0.2, 0.25) is 11.0 Å². The third kappa shape index (κ3) is 3.13. The van der Waals surface area contributed by atoms with Crippen LogP contribution in [0.15, 0.2) is 54.7 Å². The standard InChI is InChI=1S/C22H16N4O2S/c1-2-11-28-15-9-7-14(8-10-15)16-12-20(27)25-21-17(16)13-23-26(21)22-24-18-5-3-4-6-19(18)29-22/h1,3-10,13,16H,11-12H2,(H,25,27)/t16-/m1/s1. The Hall–Kier alpha value is -3.63. The van der Waals surface area contributed by atoms with Crippen molar-refractivity contribution in [2.45, 2.75) is 12.3 Å². The Labute approximate surface area is 171 Å². The number of nitrogens with one attached hydrogen (secondary N) is 1. The fourth-order valence-electron chi connectivity index (χ4n) is 3.53. The summed E-state index contributed by atoms with van der Waals surface area (Å²) >= 11 is 1.54. The van der Waals surface area contributed by atoms with E-state index < -0.39 is 0 Å². The number of aromatic nitrogens is 3. The summed E-state index contributed by atoms with van der Waals surface area (Å²) in [6.07, 6.45) is 7.41. The molecule has 2 aromatic carbocycles. The first-order valence-corrected chi connectivity index (χ1v) is 9.94. The number of hydrogen-bond donors (Lipinski definition) is 1. The van der Waals surface area contributed by atoms with Crippen LogP contribution in [-0.4, -0.2) is 27.3 Å². The number of fused-ring (bicyclic) bond motifs is 2. The van der Waals surface area contributed by atoms with E-state index in [2.05, 4.69) is 21.3 Å². The fourth-order valence-corrected chi connectivity index (χ4v) is 4.46. The van der Waals surface area contributed by atoms with Crippen LogP contribution in [0.25, 0.3) is 15.3 Å². The Bertz CT molecular complexity index is 1220. The second kappa shape index (κ2) is 7.08. The third-order valence-corrected chi connectivity index (χ3v) is 5.90. The molecule has 1 aliphatic rings. The molecule has 29 heavy (non-hydrogen) atoms. The molecule has 2 aromatic heterocycles. The SMILES string of the molecule is C#CCOc1ccc([C@H]2CC(=O)Nc3c2cnn3-c2nc3ccccc3s2)cc1. The molecule has 0 saturated carbocycles. The van der Waals surface area contributed by atoms with Crippen molar-refractivity contribution >= 4 is 33.3 Å². The van der Waals surface area contributed by atoms with E-state index in [9.17, 15) is 4.79 Å². The predicted molar refractivity (Wildman–Crippen MR) is 113 cm³/mol. The van der Waals surface area contributed by atoms with Gasteiger partial charge in [-0.2, -0.15) is 9.78 Å². The number of ether oxygens (including phenoxy) is 1. The number of nitrogens with zero attached hydrogens (tertiary/aromatic N) is 3. The molecule has 1 N–H and O–H groups in total. The molecular weight excluding hydrogens is 384 g/mol. The number of anilines is 1. The molecule has 6 nitrogen and oxygen atoms in total. The van der Waals surface area contributed by atoms with Gasteiger partial charge < -0.3 is 10.1 Å². The van der Waals surface area contributed by atoms with Crippen LogP contribution in [0.1, 0.15) is 23.5 Å². The van der Waals surface area contributed by atoms with E-state index in [0.29, 0.717) is 18.0 Å². The van der Waals surface area contributed by atoms with Crippen molar-refractivity contribution in [1.29, 1.82) is 0 Å². The second-order valence-corrected chi connectivity index (χ2v) is 7.70. The van der Waals surface area contributed by atoms with Crippen LogP contribution in [0.3, 0.4) is 0 Å². The summed E-state index contributed by atoms with van der Waals surface area (Å²) in [4.78, 5) is 17.1. The molecule has 0 fully saturated rings. The van der Waals surface area contributed by atoms with Crippen LogP contribution < -0.4 is 10.1 Å². The number of amides is 1. The maximum atomic E-state index is 12.5. The van der Waals surface area contributed by atoms with Crippen molar-refractivity contribution in [2.24, 2.45) is 0 Å². The topological polar surface area (TPSA) is 69.0 Å². The van der Waals surface area contributed by atoms with Crippen LogP contribution >= 0.6 is 11.3 Å². The zero-order valence-electron chi connectivity index (χ0n) is 15.3. The van der Waals surface area contributed by atoms with Crippen LogP contribution in [0.4, 0.5) is 5.82 Å². The van der Waals surface area contributed by atoms with Crippen molar-refractivity contribution in [3.05, 3.63) is 65.9 Å². The maximum absolute atomic E-state index is 12.5. The largest absolute Gasteiger partial charge is 0.481 e. The quantitative estimate of drug-likeness (QED) is 0.527. The lowest BCUT2D eigenvalue weighted by Gasteiger charge is -2.23. The molecule has 142 valence electrons. The minimum atomic E-state index is -0.0800. The number of thiazole rings is 1. The van der Waals surface area contributed by atoms with Crippen molar-refractivity contribution in [1.82, 2.24) is 14.8 Å². The van der Waals surface area contributed by atoms with E-state index >= 15 is 0 Å². The van der Waals surface area contributed by atoms with Gasteiger partial charge in [0.25, 0.3) is 0 Å². The lowest BCUT2D eigenvalue weighted by molar-refractivity contribution is -0.116. The molecule has 1 aliphatic heterocycles. The van der Waals surface area contributed by atoms with Crippen LogP contribution in [0.2, 0.25) is 0 Å². The van der Waals surface area contributed by atoms with Gasteiger partial charge in [-0.05, 0) is 29.8 Å². The number of para-hydroxylation sites is 1. The monoisotopic (exact) mass is 400 g/mol. The lowest BCUT2D eigenvalue weighted by atomic mass is 9.87. The maximum Gasteiger partial charge on any atom is 0.226 e. The van der Waals surface area contributed by atoms with E-state index in [-0.39, 0.29) is 18.4 Å². The first-order chi connectivity index (χ1) is 14.2. The van der Waals surface area contributed by atoms with E-state index in [1.807, 2.05) is 54.7 Å². The van der Waals surface area contributed by atoms with E-state index in [4.69, 9.17) is 11.2 Å². The average molecular weight is 400 g/mol. The molecule has 0 radical (unpaired) electrons. The Morgan fingerprint density at radius 3 is 2.86 bits per heavy atom. The van der Waals surface area contributed by atoms with Crippen LogP contribution in [0.5, 0.6) is 5.75 Å². The highest BCUT2D eigenvalue weighted by Gasteiger charge is 2.31. The van der Waals surface area contributed by atoms with Gasteiger partial charge in [-0.15, -0.1) is 6.42 Å². The van der Waals surface area contributed by atoms with Crippen molar-refractivity contribution in [3.8, 4) is 23.2 Å². The van der Waals surface area contributed by atoms with E-state index in [1.165, 1.54) is 0 Å².